The van der Waals surface area contributed by atoms with Crippen LogP contribution in [0.25, 0.3) is 11.0 Å². The van der Waals surface area contributed by atoms with E-state index in [2.05, 4.69) is 10.6 Å². The summed E-state index contributed by atoms with van der Waals surface area (Å²) in [6.45, 7) is 4.00. The highest BCUT2D eigenvalue weighted by Crippen LogP contribution is 2.34. The van der Waals surface area contributed by atoms with Crippen LogP contribution in [0.5, 0.6) is 0 Å². The van der Waals surface area contributed by atoms with Gasteiger partial charge in [0, 0.05) is 29.8 Å². The number of hydrogen-bond acceptors (Lipinski definition) is 6. The van der Waals surface area contributed by atoms with Gasteiger partial charge in [0.2, 0.25) is 5.91 Å². The number of likely N-dealkylation sites (N-methyl/N-ethyl adjacent to an activating group) is 1. The zero-order valence-electron chi connectivity index (χ0n) is 19.1. The molecule has 1 heterocycles. The van der Waals surface area contributed by atoms with Crippen LogP contribution in [0.4, 0.5) is 29.3 Å². The Labute approximate surface area is 198 Å². The Morgan fingerprint density at radius 1 is 1.06 bits per heavy atom. The lowest BCUT2D eigenvalue weighted by atomic mass is 10.1. The van der Waals surface area contributed by atoms with Crippen molar-refractivity contribution in [1.29, 1.82) is 0 Å². The van der Waals surface area contributed by atoms with E-state index in [1.165, 1.54) is 30.3 Å². The van der Waals surface area contributed by atoms with Gasteiger partial charge in [-0.1, -0.05) is 19.1 Å². The molecule has 0 atom stereocenters. The third kappa shape index (κ3) is 6.82. The molecule has 8 nitrogen and oxygen atoms in total. The van der Waals surface area contributed by atoms with Crippen LogP contribution in [0.2, 0.25) is 0 Å². The molecular weight excluding hydrogens is 467 g/mol. The van der Waals surface area contributed by atoms with E-state index in [-0.39, 0.29) is 31.0 Å². The number of para-hydroxylation sites is 1. The van der Waals surface area contributed by atoms with Crippen LogP contribution in [0, 0.1) is 0 Å². The van der Waals surface area contributed by atoms with Gasteiger partial charge in [-0.3, -0.25) is 15.0 Å². The van der Waals surface area contributed by atoms with E-state index in [0.29, 0.717) is 23.2 Å². The van der Waals surface area contributed by atoms with Crippen molar-refractivity contribution in [3.8, 4) is 0 Å². The Bertz CT molecular complexity index is 1270. The lowest BCUT2D eigenvalue weighted by Crippen LogP contribution is -2.33. The van der Waals surface area contributed by atoms with Gasteiger partial charge in [0.1, 0.15) is 5.58 Å². The number of carbonyl (C=O) groups excluding carboxylic acids is 2. The number of rotatable bonds is 8. The van der Waals surface area contributed by atoms with Crippen LogP contribution in [0.15, 0.2) is 57.7 Å². The van der Waals surface area contributed by atoms with E-state index in [1.807, 2.05) is 0 Å². The van der Waals surface area contributed by atoms with Crippen LogP contribution in [-0.2, 0) is 22.3 Å². The minimum Gasteiger partial charge on any atom is -0.450 e. The van der Waals surface area contributed by atoms with Crippen LogP contribution in [0.3, 0.4) is 0 Å². The molecular formula is C24H24F3N3O5. The smallest absolute Gasteiger partial charge is 0.418 e. The number of halogens is 3. The fourth-order valence-electron chi connectivity index (χ4n) is 3.48. The molecule has 3 aromatic rings. The SMILES string of the molecule is CCOC(=O)Nc1ccc2c(CN(CC)CC(=O)Nc3ccccc3C(F)(F)F)cc(=O)oc2c1. The van der Waals surface area contributed by atoms with Crippen LogP contribution in [-0.4, -0.2) is 36.6 Å². The molecule has 0 bridgehead atoms. The Balaban J connectivity index is 1.77. The largest absolute Gasteiger partial charge is 0.450 e. The van der Waals surface area contributed by atoms with Gasteiger partial charge < -0.3 is 14.5 Å². The minimum atomic E-state index is -4.60. The van der Waals surface area contributed by atoms with E-state index < -0.39 is 29.4 Å². The number of amides is 2. The molecule has 0 spiro atoms. The molecule has 0 aliphatic heterocycles. The molecule has 0 unspecified atom stereocenters. The molecule has 2 aromatic carbocycles. The van der Waals surface area contributed by atoms with Gasteiger partial charge in [0.05, 0.1) is 24.4 Å². The number of fused-ring (bicyclic) bond motifs is 1. The molecule has 0 aliphatic rings. The highest BCUT2D eigenvalue weighted by Gasteiger charge is 2.33. The first-order chi connectivity index (χ1) is 16.6. The molecule has 186 valence electrons. The first-order valence-corrected chi connectivity index (χ1v) is 10.8. The predicted molar refractivity (Wildman–Crippen MR) is 124 cm³/mol. The molecule has 0 saturated carbocycles. The average Bonchev–Trinajstić information content (AvgIpc) is 2.78. The molecule has 35 heavy (non-hydrogen) atoms. The summed E-state index contributed by atoms with van der Waals surface area (Å²) in [5.41, 5.74) is -0.735. The molecule has 0 fully saturated rings. The molecule has 0 aliphatic carbocycles. The number of nitrogens with zero attached hydrogens (tertiary/aromatic N) is 1. The molecule has 2 N–H and O–H groups in total. The number of hydrogen-bond donors (Lipinski definition) is 2. The van der Waals surface area contributed by atoms with Gasteiger partial charge >= 0.3 is 17.9 Å². The van der Waals surface area contributed by atoms with Crippen molar-refractivity contribution in [3.05, 3.63) is 70.1 Å². The van der Waals surface area contributed by atoms with E-state index in [0.717, 1.165) is 6.07 Å². The van der Waals surface area contributed by atoms with Gasteiger partial charge in [-0.15, -0.1) is 0 Å². The summed E-state index contributed by atoms with van der Waals surface area (Å²) in [4.78, 5) is 38.0. The summed E-state index contributed by atoms with van der Waals surface area (Å²) in [6, 6.07) is 10.8. The highest BCUT2D eigenvalue weighted by atomic mass is 19.4. The number of nitrogens with one attached hydrogen (secondary N) is 2. The molecule has 3 rings (SSSR count). The zero-order valence-corrected chi connectivity index (χ0v) is 19.1. The first-order valence-electron chi connectivity index (χ1n) is 10.8. The summed E-state index contributed by atoms with van der Waals surface area (Å²) in [5, 5.41) is 5.43. The average molecular weight is 491 g/mol. The third-order valence-electron chi connectivity index (χ3n) is 5.07. The van der Waals surface area contributed by atoms with E-state index in [4.69, 9.17) is 9.15 Å². The number of carbonyl (C=O) groups is 2. The summed E-state index contributed by atoms with van der Waals surface area (Å²) < 4.78 is 49.7. The Morgan fingerprint density at radius 3 is 2.49 bits per heavy atom. The molecule has 1 aromatic heterocycles. The van der Waals surface area contributed by atoms with Crippen molar-refractivity contribution in [1.82, 2.24) is 4.90 Å². The van der Waals surface area contributed by atoms with Crippen LogP contribution >= 0.6 is 0 Å². The molecule has 2 amide bonds. The molecule has 0 radical (unpaired) electrons. The minimum absolute atomic E-state index is 0.164. The van der Waals surface area contributed by atoms with Crippen molar-refractivity contribution >= 4 is 34.3 Å². The monoisotopic (exact) mass is 491 g/mol. The van der Waals surface area contributed by atoms with E-state index >= 15 is 0 Å². The third-order valence-corrected chi connectivity index (χ3v) is 5.07. The topological polar surface area (TPSA) is 101 Å². The van der Waals surface area contributed by atoms with Crippen molar-refractivity contribution in [2.24, 2.45) is 0 Å². The van der Waals surface area contributed by atoms with Gasteiger partial charge in [-0.05, 0) is 43.3 Å². The summed E-state index contributed by atoms with van der Waals surface area (Å²) >= 11 is 0. The van der Waals surface area contributed by atoms with Crippen LogP contribution in [0.1, 0.15) is 25.0 Å². The number of anilines is 2. The Hall–Kier alpha value is -3.86. The Kier molecular flexibility index (Phi) is 8.13. The maximum absolute atomic E-state index is 13.2. The number of benzene rings is 2. The fourth-order valence-corrected chi connectivity index (χ4v) is 3.48. The summed E-state index contributed by atoms with van der Waals surface area (Å²) in [6.07, 6.45) is -5.26. The first kappa shape index (κ1) is 25.8. The van der Waals surface area contributed by atoms with Crippen molar-refractivity contribution < 1.29 is 31.9 Å². The van der Waals surface area contributed by atoms with Gasteiger partial charge in [0.15, 0.2) is 0 Å². The zero-order chi connectivity index (χ0) is 25.6. The quantitative estimate of drug-likeness (QED) is 0.438. The second-order valence-electron chi connectivity index (χ2n) is 7.54. The Morgan fingerprint density at radius 2 is 1.80 bits per heavy atom. The standard InChI is InChI=1S/C24H24F3N3O5/c1-3-30(14-21(31)29-19-8-6-5-7-18(19)24(25,26)27)13-15-11-22(32)35-20-12-16(9-10-17(15)20)28-23(33)34-4-2/h5-12H,3-4,13-14H2,1-2H3,(H,28,33)(H,29,31). The van der Waals surface area contributed by atoms with Gasteiger partial charge in [-0.25, -0.2) is 9.59 Å². The normalized spacial score (nSPS) is 11.5. The number of alkyl halides is 3. The maximum atomic E-state index is 13.2. The van der Waals surface area contributed by atoms with Crippen molar-refractivity contribution in [2.45, 2.75) is 26.6 Å². The van der Waals surface area contributed by atoms with E-state index in [1.54, 1.807) is 30.9 Å². The maximum Gasteiger partial charge on any atom is 0.418 e. The van der Waals surface area contributed by atoms with Crippen molar-refractivity contribution in [3.63, 3.8) is 0 Å². The lowest BCUT2D eigenvalue weighted by Gasteiger charge is -2.21. The summed E-state index contributed by atoms with van der Waals surface area (Å²) in [5.74, 6) is -0.628. The fraction of sp³-hybridized carbons (Fsp3) is 0.292. The second kappa shape index (κ2) is 11.0. The van der Waals surface area contributed by atoms with Gasteiger partial charge in [-0.2, -0.15) is 13.2 Å². The summed E-state index contributed by atoms with van der Waals surface area (Å²) in [7, 11) is 0. The predicted octanol–water partition coefficient (Wildman–Crippen LogP) is 4.84. The molecule has 0 saturated heterocycles. The van der Waals surface area contributed by atoms with Crippen LogP contribution < -0.4 is 16.3 Å². The lowest BCUT2D eigenvalue weighted by molar-refractivity contribution is -0.137. The van der Waals surface area contributed by atoms with E-state index in [9.17, 15) is 27.6 Å². The second-order valence-corrected chi connectivity index (χ2v) is 7.54. The van der Waals surface area contributed by atoms with Gasteiger partial charge in [0.25, 0.3) is 0 Å². The molecule has 11 heteroatoms. The number of ether oxygens (including phenoxy) is 1. The highest BCUT2D eigenvalue weighted by molar-refractivity contribution is 5.93. The van der Waals surface area contributed by atoms with Crippen molar-refractivity contribution in [2.75, 3.05) is 30.3 Å².